The number of halogens is 2. The Hall–Kier alpha value is -3.38. The molecule has 1 fully saturated rings. The highest BCUT2D eigenvalue weighted by molar-refractivity contribution is 6.30. The van der Waals surface area contributed by atoms with Crippen LogP contribution in [0.1, 0.15) is 40.6 Å². The summed E-state index contributed by atoms with van der Waals surface area (Å²) in [6, 6.07) is 18.9. The van der Waals surface area contributed by atoms with Crippen molar-refractivity contribution in [3.8, 4) is 5.75 Å². The van der Waals surface area contributed by atoms with Gasteiger partial charge in [0.15, 0.2) is 6.61 Å². The van der Waals surface area contributed by atoms with E-state index in [0.717, 1.165) is 23.1 Å². The summed E-state index contributed by atoms with van der Waals surface area (Å²) >= 11 is 6.32. The Morgan fingerprint density at radius 2 is 1.85 bits per heavy atom. The highest BCUT2D eigenvalue weighted by atomic mass is 35.5. The minimum Gasteiger partial charge on any atom is -0.482 e. The fourth-order valence-corrected chi connectivity index (χ4v) is 5.10. The second kappa shape index (κ2) is 9.11. The van der Waals surface area contributed by atoms with Gasteiger partial charge in [-0.1, -0.05) is 48.0 Å². The van der Waals surface area contributed by atoms with Crippen LogP contribution < -0.4 is 4.74 Å². The van der Waals surface area contributed by atoms with Crippen molar-refractivity contribution in [2.45, 2.75) is 24.8 Å². The van der Waals surface area contributed by atoms with Gasteiger partial charge >= 0.3 is 5.97 Å². The fourth-order valence-electron chi connectivity index (χ4n) is 4.92. The molecule has 0 bridgehead atoms. The highest BCUT2D eigenvalue weighted by Crippen LogP contribution is 2.51. The Kier molecular flexibility index (Phi) is 6.00. The number of amides is 1. The van der Waals surface area contributed by atoms with Crippen LogP contribution in [0.4, 0.5) is 4.39 Å². The van der Waals surface area contributed by atoms with E-state index in [-0.39, 0.29) is 23.6 Å². The van der Waals surface area contributed by atoms with Crippen LogP contribution in [-0.2, 0) is 16.0 Å². The molecule has 3 aromatic rings. The molecule has 1 saturated carbocycles. The summed E-state index contributed by atoms with van der Waals surface area (Å²) in [6.45, 7) is -0.104. The summed E-state index contributed by atoms with van der Waals surface area (Å²) < 4.78 is 19.6. The van der Waals surface area contributed by atoms with Crippen molar-refractivity contribution in [3.05, 3.63) is 99.8 Å². The van der Waals surface area contributed by atoms with E-state index in [1.807, 2.05) is 35.2 Å². The number of ether oxygens (including phenoxy) is 1. The predicted octanol–water partition coefficient (Wildman–Crippen LogP) is 5.22. The van der Waals surface area contributed by atoms with Gasteiger partial charge in [0.1, 0.15) is 11.6 Å². The van der Waals surface area contributed by atoms with Gasteiger partial charge in [0, 0.05) is 23.0 Å². The molecular formula is C27H23ClFNO4. The molecule has 5 nitrogen and oxygen atoms in total. The molecule has 1 aliphatic heterocycles. The molecule has 1 aliphatic carbocycles. The molecule has 0 spiro atoms. The Morgan fingerprint density at radius 3 is 2.62 bits per heavy atom. The molecule has 1 amide bonds. The number of carboxylic acid groups (broad SMARTS) is 1. The third-order valence-electron chi connectivity index (χ3n) is 6.57. The average molecular weight is 480 g/mol. The molecule has 0 saturated heterocycles. The van der Waals surface area contributed by atoms with E-state index in [9.17, 15) is 14.0 Å². The number of fused-ring (bicyclic) bond motifs is 1. The second-order valence-electron chi connectivity index (χ2n) is 8.75. The van der Waals surface area contributed by atoms with Crippen molar-refractivity contribution < 1.29 is 23.8 Å². The number of hydrogen-bond acceptors (Lipinski definition) is 3. The third kappa shape index (κ3) is 4.38. The second-order valence-corrected chi connectivity index (χ2v) is 9.19. The molecule has 0 radical (unpaired) electrons. The van der Waals surface area contributed by atoms with Crippen molar-refractivity contribution >= 4 is 23.5 Å². The zero-order valence-corrected chi connectivity index (χ0v) is 19.0. The van der Waals surface area contributed by atoms with Gasteiger partial charge in [-0.05, 0) is 65.8 Å². The van der Waals surface area contributed by atoms with Gasteiger partial charge in [-0.25, -0.2) is 9.18 Å². The van der Waals surface area contributed by atoms with E-state index in [4.69, 9.17) is 21.4 Å². The van der Waals surface area contributed by atoms with Gasteiger partial charge in [-0.3, -0.25) is 4.79 Å². The first-order chi connectivity index (χ1) is 16.4. The van der Waals surface area contributed by atoms with Crippen molar-refractivity contribution in [1.82, 2.24) is 4.90 Å². The first-order valence-electron chi connectivity index (χ1n) is 11.2. The number of benzene rings is 3. The number of aliphatic carboxylic acids is 1. The molecule has 5 rings (SSSR count). The number of carbonyl (C=O) groups excluding carboxylic acids is 1. The third-order valence-corrected chi connectivity index (χ3v) is 6.80. The summed E-state index contributed by atoms with van der Waals surface area (Å²) in [5.74, 6) is -1.04. The van der Waals surface area contributed by atoms with Crippen LogP contribution in [0, 0.1) is 11.7 Å². The van der Waals surface area contributed by atoms with Crippen LogP contribution in [0.25, 0.3) is 0 Å². The molecule has 3 atom stereocenters. The van der Waals surface area contributed by atoms with Crippen LogP contribution in [-0.4, -0.2) is 35.0 Å². The minimum absolute atomic E-state index is 0.0259. The minimum atomic E-state index is -1.11. The smallest absolute Gasteiger partial charge is 0.341 e. The average Bonchev–Trinajstić information content (AvgIpc) is 3.63. The number of carbonyl (C=O) groups is 2. The van der Waals surface area contributed by atoms with Crippen molar-refractivity contribution in [3.63, 3.8) is 0 Å². The zero-order chi connectivity index (χ0) is 23.8. The number of rotatable bonds is 6. The number of nitrogens with zero attached hydrogens (tertiary/aromatic N) is 1. The summed E-state index contributed by atoms with van der Waals surface area (Å²) in [5, 5.41) is 9.56. The zero-order valence-electron chi connectivity index (χ0n) is 18.3. The van der Waals surface area contributed by atoms with Gasteiger partial charge in [0.05, 0.1) is 6.04 Å². The lowest BCUT2D eigenvalue weighted by molar-refractivity contribution is -0.139. The Morgan fingerprint density at radius 1 is 1.06 bits per heavy atom. The maximum atomic E-state index is 14.0. The SMILES string of the molecule is O=C(O)COc1ccc(Cl)cc1C1c2ccc(F)cc2CCN1C(=O)[C@@H]1C[C@H]1c1ccccc1. The first-order valence-corrected chi connectivity index (χ1v) is 11.6. The predicted molar refractivity (Wildman–Crippen MR) is 126 cm³/mol. The largest absolute Gasteiger partial charge is 0.482 e. The normalized spacial score (nSPS) is 21.0. The van der Waals surface area contributed by atoms with Crippen LogP contribution in [0.3, 0.4) is 0 Å². The molecule has 7 heteroatoms. The maximum Gasteiger partial charge on any atom is 0.341 e. The van der Waals surface area contributed by atoms with Gasteiger partial charge in [-0.15, -0.1) is 0 Å². The quantitative estimate of drug-likeness (QED) is 0.526. The van der Waals surface area contributed by atoms with E-state index in [2.05, 4.69) is 0 Å². The molecule has 2 aliphatic rings. The Labute approximate surface area is 201 Å². The maximum absolute atomic E-state index is 14.0. The van der Waals surface area contributed by atoms with Crippen molar-refractivity contribution in [2.24, 2.45) is 5.92 Å². The lowest BCUT2D eigenvalue weighted by Crippen LogP contribution is -2.42. The summed E-state index contributed by atoms with van der Waals surface area (Å²) in [7, 11) is 0. The van der Waals surface area contributed by atoms with Gasteiger partial charge in [-0.2, -0.15) is 0 Å². The lowest BCUT2D eigenvalue weighted by atomic mass is 9.87. The molecule has 1 N–H and O–H groups in total. The Balaban J connectivity index is 1.54. The van der Waals surface area contributed by atoms with Crippen molar-refractivity contribution in [1.29, 1.82) is 0 Å². The molecule has 3 aromatic carbocycles. The van der Waals surface area contributed by atoms with E-state index >= 15 is 0 Å². The molecule has 1 heterocycles. The molecule has 174 valence electrons. The number of hydrogen-bond donors (Lipinski definition) is 1. The number of carboxylic acids is 1. The van der Waals surface area contributed by atoms with E-state index < -0.39 is 18.6 Å². The fraction of sp³-hybridized carbons (Fsp3) is 0.259. The monoisotopic (exact) mass is 479 g/mol. The van der Waals surface area contributed by atoms with Crippen LogP contribution in [0.2, 0.25) is 5.02 Å². The Bertz CT molecular complexity index is 1250. The van der Waals surface area contributed by atoms with Gasteiger partial charge in [0.2, 0.25) is 5.91 Å². The molecule has 0 aromatic heterocycles. The van der Waals surface area contributed by atoms with E-state index in [1.54, 1.807) is 24.3 Å². The molecule has 1 unspecified atom stereocenters. The standard InChI is InChI=1S/C27H23ClFNO4/c28-18-6-9-24(34-15-25(31)32)23(13-18)26-20-8-7-19(29)12-17(20)10-11-30(26)27(33)22-14-21(22)16-4-2-1-3-5-16/h1-9,12-13,21-22,26H,10-11,14-15H2,(H,31,32)/t21-,22+,26?/m0/s1. The van der Waals surface area contributed by atoms with Gasteiger partial charge < -0.3 is 14.7 Å². The van der Waals surface area contributed by atoms with E-state index in [0.29, 0.717) is 29.3 Å². The summed E-state index contributed by atoms with van der Waals surface area (Å²) in [5.41, 5.74) is 3.34. The van der Waals surface area contributed by atoms with Crippen molar-refractivity contribution in [2.75, 3.05) is 13.2 Å². The topological polar surface area (TPSA) is 66.8 Å². The summed E-state index contributed by atoms with van der Waals surface area (Å²) in [6.07, 6.45) is 1.31. The first kappa shape index (κ1) is 22.4. The van der Waals surface area contributed by atoms with Crippen LogP contribution in [0.15, 0.2) is 66.7 Å². The van der Waals surface area contributed by atoms with Crippen LogP contribution >= 0.6 is 11.6 Å². The lowest BCUT2D eigenvalue weighted by Gasteiger charge is -2.38. The van der Waals surface area contributed by atoms with Crippen LogP contribution in [0.5, 0.6) is 5.75 Å². The highest BCUT2D eigenvalue weighted by Gasteiger charge is 2.48. The van der Waals surface area contributed by atoms with E-state index in [1.165, 1.54) is 12.1 Å². The van der Waals surface area contributed by atoms with Gasteiger partial charge in [0.25, 0.3) is 0 Å². The molecule has 34 heavy (non-hydrogen) atoms. The summed E-state index contributed by atoms with van der Waals surface area (Å²) in [4.78, 5) is 26.7. The molecular weight excluding hydrogens is 457 g/mol.